The van der Waals surface area contributed by atoms with E-state index in [4.69, 9.17) is 9.47 Å². The number of ether oxygens (including phenoxy) is 2. The van der Waals surface area contributed by atoms with Crippen molar-refractivity contribution in [3.8, 4) is 5.75 Å². The van der Waals surface area contributed by atoms with Crippen LogP contribution in [0.3, 0.4) is 0 Å². The Morgan fingerprint density at radius 2 is 1.77 bits per heavy atom. The molecule has 7 nitrogen and oxygen atoms in total. The predicted octanol–water partition coefficient (Wildman–Crippen LogP) is 2.41. The lowest BCUT2D eigenvalue weighted by Gasteiger charge is -2.29. The quantitative estimate of drug-likeness (QED) is 0.658. The van der Waals surface area contributed by atoms with Crippen LogP contribution in [0.1, 0.15) is 19.3 Å². The Labute approximate surface area is 175 Å². The number of nitrogens with zero attached hydrogens (tertiary/aromatic N) is 2. The molecule has 0 radical (unpaired) electrons. The van der Waals surface area contributed by atoms with E-state index in [1.165, 1.54) is 9.80 Å². The Kier molecular flexibility index (Phi) is 6.09. The van der Waals surface area contributed by atoms with Gasteiger partial charge in [-0.2, -0.15) is 0 Å². The van der Waals surface area contributed by atoms with Gasteiger partial charge in [0.15, 0.2) is 6.61 Å². The Morgan fingerprint density at radius 1 is 1.07 bits per heavy atom. The van der Waals surface area contributed by atoms with Crippen LogP contribution in [0.2, 0.25) is 0 Å². The van der Waals surface area contributed by atoms with Crippen LogP contribution in [0.25, 0.3) is 0 Å². The van der Waals surface area contributed by atoms with Crippen molar-refractivity contribution in [1.82, 2.24) is 4.90 Å². The lowest BCUT2D eigenvalue weighted by atomic mass is 10.1. The molecule has 2 saturated heterocycles. The van der Waals surface area contributed by atoms with Gasteiger partial charge in [-0.05, 0) is 37.1 Å². The van der Waals surface area contributed by atoms with Crippen LogP contribution in [-0.2, 0) is 19.1 Å². The second kappa shape index (κ2) is 9.09. The summed E-state index contributed by atoms with van der Waals surface area (Å²) >= 11 is 0. The second-order valence-corrected chi connectivity index (χ2v) is 7.41. The second-order valence-electron chi connectivity index (χ2n) is 7.41. The van der Waals surface area contributed by atoms with Crippen LogP contribution in [0, 0.1) is 0 Å². The van der Waals surface area contributed by atoms with Gasteiger partial charge in [-0.3, -0.25) is 14.4 Å². The molecule has 0 aliphatic carbocycles. The number of anilines is 1. The number of hydrogen-bond acceptors (Lipinski definition) is 5. The largest absolute Gasteiger partial charge is 0.484 e. The molecule has 0 spiro atoms. The third-order valence-electron chi connectivity index (χ3n) is 5.36. The topological polar surface area (TPSA) is 76.1 Å². The number of amides is 3. The molecule has 2 aliphatic rings. The summed E-state index contributed by atoms with van der Waals surface area (Å²) in [4.78, 5) is 41.5. The molecule has 0 saturated carbocycles. The Morgan fingerprint density at radius 3 is 2.43 bits per heavy atom. The maximum atomic E-state index is 13.1. The number of hydrogen-bond donors (Lipinski definition) is 0. The zero-order valence-corrected chi connectivity index (χ0v) is 16.6. The Balaban J connectivity index is 1.52. The van der Waals surface area contributed by atoms with Gasteiger partial charge in [0.1, 0.15) is 11.8 Å². The van der Waals surface area contributed by atoms with Crippen molar-refractivity contribution >= 4 is 23.4 Å². The summed E-state index contributed by atoms with van der Waals surface area (Å²) in [6, 6.07) is 17.0. The van der Waals surface area contributed by atoms with Gasteiger partial charge in [0.05, 0.1) is 18.2 Å². The molecule has 2 atom stereocenters. The minimum Gasteiger partial charge on any atom is -0.484 e. The molecule has 30 heavy (non-hydrogen) atoms. The fraction of sp³-hybridized carbons (Fsp3) is 0.348. The zero-order chi connectivity index (χ0) is 20.9. The SMILES string of the molecule is O=C1CC(N(CC2CCCO2)C(=O)COc2ccccc2)C(=O)N1c1ccccc1. The number of imide groups is 1. The highest BCUT2D eigenvalue weighted by atomic mass is 16.5. The van der Waals surface area contributed by atoms with Gasteiger partial charge < -0.3 is 14.4 Å². The molecule has 2 aromatic carbocycles. The number of rotatable bonds is 7. The molecule has 0 bridgehead atoms. The Bertz CT molecular complexity index is 896. The number of para-hydroxylation sites is 2. The van der Waals surface area contributed by atoms with Crippen LogP contribution in [0.5, 0.6) is 5.75 Å². The van der Waals surface area contributed by atoms with Gasteiger partial charge in [-0.1, -0.05) is 36.4 Å². The van der Waals surface area contributed by atoms with E-state index in [2.05, 4.69) is 0 Å². The summed E-state index contributed by atoms with van der Waals surface area (Å²) in [7, 11) is 0. The average molecular weight is 408 g/mol. The van der Waals surface area contributed by atoms with Crippen molar-refractivity contribution in [1.29, 1.82) is 0 Å². The van der Waals surface area contributed by atoms with Crippen LogP contribution in [-0.4, -0.2) is 54.5 Å². The molecule has 2 aromatic rings. The van der Waals surface area contributed by atoms with E-state index in [1.807, 2.05) is 24.3 Å². The van der Waals surface area contributed by atoms with E-state index in [1.54, 1.807) is 36.4 Å². The van der Waals surface area contributed by atoms with Gasteiger partial charge in [0.25, 0.3) is 11.8 Å². The summed E-state index contributed by atoms with van der Waals surface area (Å²) in [5.74, 6) is -0.472. The minimum atomic E-state index is -0.853. The zero-order valence-electron chi connectivity index (χ0n) is 16.6. The third-order valence-corrected chi connectivity index (χ3v) is 5.36. The normalized spacial score (nSPS) is 21.1. The molecule has 0 aromatic heterocycles. The van der Waals surface area contributed by atoms with E-state index in [0.29, 0.717) is 18.0 Å². The first-order valence-corrected chi connectivity index (χ1v) is 10.1. The number of carbonyl (C=O) groups excluding carboxylic acids is 3. The van der Waals surface area contributed by atoms with Crippen molar-refractivity contribution in [3.63, 3.8) is 0 Å². The highest BCUT2D eigenvalue weighted by Crippen LogP contribution is 2.27. The summed E-state index contributed by atoms with van der Waals surface area (Å²) in [5, 5.41) is 0. The van der Waals surface area contributed by atoms with Crippen molar-refractivity contribution in [3.05, 3.63) is 60.7 Å². The lowest BCUT2D eigenvalue weighted by Crippen LogP contribution is -2.50. The maximum absolute atomic E-state index is 13.1. The molecule has 0 N–H and O–H groups in total. The van der Waals surface area contributed by atoms with E-state index >= 15 is 0 Å². The molecule has 7 heteroatoms. The molecule has 3 amide bonds. The van der Waals surface area contributed by atoms with Crippen LogP contribution < -0.4 is 9.64 Å². The van der Waals surface area contributed by atoms with Crippen LogP contribution >= 0.6 is 0 Å². The van der Waals surface area contributed by atoms with E-state index < -0.39 is 11.9 Å². The fourth-order valence-corrected chi connectivity index (χ4v) is 3.86. The maximum Gasteiger partial charge on any atom is 0.261 e. The molecular formula is C23H24N2O5. The molecular weight excluding hydrogens is 384 g/mol. The number of benzene rings is 2. The van der Waals surface area contributed by atoms with Crippen LogP contribution in [0.4, 0.5) is 5.69 Å². The summed E-state index contributed by atoms with van der Waals surface area (Å²) in [5.41, 5.74) is 0.514. The standard InChI is InChI=1S/C23H24N2O5/c26-21-14-20(23(28)25(21)17-8-3-1-4-9-17)24(15-19-12-7-13-29-19)22(27)16-30-18-10-5-2-6-11-18/h1-6,8-11,19-20H,7,12-16H2. The fourth-order valence-electron chi connectivity index (χ4n) is 3.86. The van der Waals surface area contributed by atoms with E-state index in [0.717, 1.165) is 12.8 Å². The summed E-state index contributed by atoms with van der Waals surface area (Å²) in [6.07, 6.45) is 1.55. The third kappa shape index (κ3) is 4.36. The first-order valence-electron chi connectivity index (χ1n) is 10.1. The molecule has 2 aliphatic heterocycles. The van der Waals surface area contributed by atoms with Gasteiger partial charge in [-0.15, -0.1) is 0 Å². The van der Waals surface area contributed by atoms with Gasteiger partial charge in [-0.25, -0.2) is 4.90 Å². The van der Waals surface area contributed by atoms with Crippen molar-refractivity contribution < 1.29 is 23.9 Å². The van der Waals surface area contributed by atoms with Crippen molar-refractivity contribution in [2.24, 2.45) is 0 Å². The van der Waals surface area contributed by atoms with E-state index in [9.17, 15) is 14.4 Å². The Hall–Kier alpha value is -3.19. The monoisotopic (exact) mass is 408 g/mol. The molecule has 4 rings (SSSR count). The highest BCUT2D eigenvalue weighted by Gasteiger charge is 2.45. The van der Waals surface area contributed by atoms with E-state index in [-0.39, 0.29) is 37.5 Å². The summed E-state index contributed by atoms with van der Waals surface area (Å²) < 4.78 is 11.3. The lowest BCUT2D eigenvalue weighted by molar-refractivity contribution is -0.141. The molecule has 2 fully saturated rings. The van der Waals surface area contributed by atoms with Gasteiger partial charge in [0.2, 0.25) is 5.91 Å². The number of carbonyl (C=O) groups is 3. The smallest absolute Gasteiger partial charge is 0.261 e. The summed E-state index contributed by atoms with van der Waals surface area (Å²) in [6.45, 7) is 0.699. The first kappa shape index (κ1) is 20.1. The van der Waals surface area contributed by atoms with Gasteiger partial charge in [0, 0.05) is 13.2 Å². The highest BCUT2D eigenvalue weighted by molar-refractivity contribution is 6.23. The molecule has 2 unspecified atom stereocenters. The van der Waals surface area contributed by atoms with Gasteiger partial charge >= 0.3 is 0 Å². The first-order chi connectivity index (χ1) is 14.6. The molecule has 156 valence electrons. The predicted molar refractivity (Wildman–Crippen MR) is 110 cm³/mol. The van der Waals surface area contributed by atoms with Crippen molar-refractivity contribution in [2.75, 3.05) is 24.7 Å². The minimum absolute atomic E-state index is 0.0441. The van der Waals surface area contributed by atoms with Crippen molar-refractivity contribution in [2.45, 2.75) is 31.4 Å². The molecule has 2 heterocycles. The average Bonchev–Trinajstić information content (AvgIpc) is 3.39. The van der Waals surface area contributed by atoms with Crippen LogP contribution in [0.15, 0.2) is 60.7 Å².